The molecular formula is C26H24ClF3N2O3. The van der Waals surface area contributed by atoms with Gasteiger partial charge in [-0.25, -0.2) is 4.79 Å². The van der Waals surface area contributed by atoms with Gasteiger partial charge in [0.05, 0.1) is 18.2 Å². The van der Waals surface area contributed by atoms with Gasteiger partial charge in [-0.05, 0) is 67.9 Å². The normalized spacial score (nSPS) is 20.4. The van der Waals surface area contributed by atoms with Crippen molar-refractivity contribution in [3.63, 3.8) is 0 Å². The van der Waals surface area contributed by atoms with E-state index in [4.69, 9.17) is 16.3 Å². The van der Waals surface area contributed by atoms with Crippen molar-refractivity contribution >= 4 is 29.0 Å². The number of aryl methyl sites for hydroxylation is 1. The molecule has 4 rings (SSSR count). The zero-order chi connectivity index (χ0) is 25.4. The number of alkyl halides is 3. The number of carbonyl (C=O) groups is 1. The summed E-state index contributed by atoms with van der Waals surface area (Å²) < 4.78 is 48.6. The molecule has 35 heavy (non-hydrogen) atoms. The average Bonchev–Trinajstić information content (AvgIpc) is 3.01. The molecule has 9 heteroatoms. The second-order valence-electron chi connectivity index (χ2n) is 8.61. The van der Waals surface area contributed by atoms with Crippen LogP contribution in [0.25, 0.3) is 0 Å². The second kappa shape index (κ2) is 9.43. The molecule has 0 radical (unpaired) electrons. The Morgan fingerprint density at radius 2 is 1.63 bits per heavy atom. The number of nitrogens with zero attached hydrogens (tertiary/aromatic N) is 2. The van der Waals surface area contributed by atoms with E-state index in [-0.39, 0.29) is 18.4 Å². The van der Waals surface area contributed by atoms with Gasteiger partial charge in [-0.1, -0.05) is 41.4 Å². The highest BCUT2D eigenvalue weighted by Crippen LogP contribution is 2.48. The molecule has 5 nitrogen and oxygen atoms in total. The van der Waals surface area contributed by atoms with Gasteiger partial charge in [0, 0.05) is 23.5 Å². The minimum atomic E-state index is -4.84. The lowest BCUT2D eigenvalue weighted by Gasteiger charge is -2.38. The number of hydrogen-bond donors (Lipinski definition) is 0. The van der Waals surface area contributed by atoms with Crippen LogP contribution in [0.2, 0.25) is 5.02 Å². The number of carbonyl (C=O) groups excluding carboxylic acids is 1. The van der Waals surface area contributed by atoms with Gasteiger partial charge in [0.1, 0.15) is 5.75 Å². The van der Waals surface area contributed by atoms with Crippen molar-refractivity contribution in [1.29, 1.82) is 0 Å². The van der Waals surface area contributed by atoms with Crippen LogP contribution in [0.3, 0.4) is 0 Å². The summed E-state index contributed by atoms with van der Waals surface area (Å²) in [5, 5.41) is 0.493. The maximum absolute atomic E-state index is 14.0. The van der Waals surface area contributed by atoms with E-state index in [1.807, 2.05) is 38.1 Å². The summed E-state index contributed by atoms with van der Waals surface area (Å²) in [6, 6.07) is 18.8. The zero-order valence-electron chi connectivity index (χ0n) is 19.3. The van der Waals surface area contributed by atoms with Gasteiger partial charge in [-0.15, -0.1) is 13.2 Å². The summed E-state index contributed by atoms with van der Waals surface area (Å²) in [6.07, 6.45) is -4.84. The summed E-state index contributed by atoms with van der Waals surface area (Å²) in [7, 11) is 1.52. The van der Waals surface area contributed by atoms with Crippen molar-refractivity contribution in [3.8, 4) is 5.75 Å². The molecule has 184 valence electrons. The smallest absolute Gasteiger partial charge is 0.406 e. The van der Waals surface area contributed by atoms with E-state index in [0.29, 0.717) is 22.0 Å². The topological polar surface area (TPSA) is 42.0 Å². The van der Waals surface area contributed by atoms with Gasteiger partial charge in [0.15, 0.2) is 0 Å². The second-order valence-corrected chi connectivity index (χ2v) is 9.05. The molecular weight excluding hydrogens is 481 g/mol. The highest BCUT2D eigenvalue weighted by Gasteiger charge is 2.56. The Labute approximate surface area is 206 Å². The zero-order valence-corrected chi connectivity index (χ0v) is 20.1. The van der Waals surface area contributed by atoms with E-state index in [2.05, 4.69) is 4.74 Å². The predicted octanol–water partition coefficient (Wildman–Crippen LogP) is 7.14. The molecule has 3 aromatic carbocycles. The molecule has 0 bridgehead atoms. The molecule has 3 aromatic rings. The van der Waals surface area contributed by atoms with Crippen LogP contribution < -0.4 is 14.5 Å². The fourth-order valence-electron chi connectivity index (χ4n) is 4.62. The lowest BCUT2D eigenvalue weighted by molar-refractivity contribution is -0.274. The fourth-order valence-corrected chi connectivity index (χ4v) is 4.75. The lowest BCUT2D eigenvalue weighted by Crippen LogP contribution is -2.49. The first-order chi connectivity index (χ1) is 16.5. The molecule has 0 aliphatic carbocycles. The van der Waals surface area contributed by atoms with Crippen LogP contribution in [0.5, 0.6) is 5.75 Å². The number of hydrogen-bond acceptors (Lipinski definition) is 3. The minimum absolute atomic E-state index is 0.117. The third kappa shape index (κ3) is 4.94. The molecule has 1 aliphatic rings. The van der Waals surface area contributed by atoms with Gasteiger partial charge >= 0.3 is 12.4 Å². The third-order valence-electron chi connectivity index (χ3n) is 6.00. The maximum Gasteiger partial charge on any atom is 0.573 e. The Morgan fingerprint density at radius 1 is 1.00 bits per heavy atom. The summed E-state index contributed by atoms with van der Waals surface area (Å²) in [6.45, 7) is 3.91. The molecule has 0 N–H and O–H groups in total. The lowest BCUT2D eigenvalue weighted by atomic mass is 9.86. The van der Waals surface area contributed by atoms with Crippen molar-refractivity contribution in [2.75, 3.05) is 23.5 Å². The highest BCUT2D eigenvalue weighted by atomic mass is 35.5. The number of methoxy groups -OCH3 is 1. The Kier molecular flexibility index (Phi) is 6.71. The molecule has 0 spiro atoms. The van der Waals surface area contributed by atoms with Crippen LogP contribution in [0.1, 0.15) is 24.1 Å². The van der Waals surface area contributed by atoms with Gasteiger partial charge in [-0.3, -0.25) is 9.80 Å². The molecule has 2 unspecified atom stereocenters. The number of halogens is 4. The quantitative estimate of drug-likeness (QED) is 0.358. The highest BCUT2D eigenvalue weighted by molar-refractivity contribution is 6.30. The maximum atomic E-state index is 14.0. The Bertz CT molecular complexity index is 1200. The van der Waals surface area contributed by atoms with E-state index in [9.17, 15) is 18.0 Å². The minimum Gasteiger partial charge on any atom is -0.406 e. The van der Waals surface area contributed by atoms with Crippen LogP contribution in [0, 0.1) is 6.92 Å². The Morgan fingerprint density at radius 3 is 2.23 bits per heavy atom. The van der Waals surface area contributed by atoms with Gasteiger partial charge in [-0.2, -0.15) is 0 Å². The van der Waals surface area contributed by atoms with Crippen molar-refractivity contribution in [2.45, 2.75) is 31.8 Å². The number of rotatable bonds is 6. The third-order valence-corrected chi connectivity index (χ3v) is 6.25. The summed E-state index contributed by atoms with van der Waals surface area (Å²) in [5.74, 6) is -0.368. The number of amides is 2. The van der Waals surface area contributed by atoms with Crippen LogP contribution in [0.4, 0.5) is 29.3 Å². The summed E-state index contributed by atoms with van der Waals surface area (Å²) in [4.78, 5) is 17.2. The number of anilines is 2. The van der Waals surface area contributed by atoms with Crippen LogP contribution >= 0.6 is 11.6 Å². The van der Waals surface area contributed by atoms with Crippen molar-refractivity contribution in [2.24, 2.45) is 0 Å². The fraction of sp³-hybridized carbons (Fsp3) is 0.269. The van der Waals surface area contributed by atoms with Crippen LogP contribution in [0.15, 0.2) is 72.8 Å². The van der Waals surface area contributed by atoms with Gasteiger partial charge in [0.25, 0.3) is 0 Å². The predicted molar refractivity (Wildman–Crippen MR) is 129 cm³/mol. The van der Waals surface area contributed by atoms with Gasteiger partial charge in [0.2, 0.25) is 0 Å². The first-order valence-corrected chi connectivity index (χ1v) is 11.2. The van der Waals surface area contributed by atoms with E-state index in [1.54, 1.807) is 40.1 Å². The molecule has 1 heterocycles. The first-order valence-electron chi connectivity index (χ1n) is 10.8. The molecule has 0 aromatic heterocycles. The molecule has 2 amide bonds. The van der Waals surface area contributed by atoms with Crippen molar-refractivity contribution in [3.05, 3.63) is 88.9 Å². The SMILES string of the molecule is COCC1(C)C(c2cccc(OC(F)(F)F)c2)N(c2ccc(Cl)cc2)C(=O)N1c1ccc(C)cc1. The molecule has 2 atom stereocenters. The van der Waals surface area contributed by atoms with Crippen molar-refractivity contribution in [1.82, 2.24) is 0 Å². The standard InChI is InChI=1S/C26H24ClF3N2O3/c1-17-7-11-21(12-8-17)32-24(33)31(20-13-9-19(27)10-14-20)23(25(32,2)16-34-3)18-5-4-6-22(15-18)35-26(28,29)30/h4-15,23H,16H2,1-3H3. The number of urea groups is 1. The molecule has 1 fully saturated rings. The van der Waals surface area contributed by atoms with E-state index in [0.717, 1.165) is 5.56 Å². The summed E-state index contributed by atoms with van der Waals surface area (Å²) in [5.41, 5.74) is 1.69. The monoisotopic (exact) mass is 504 g/mol. The van der Waals surface area contributed by atoms with E-state index in [1.165, 1.54) is 25.3 Å². The summed E-state index contributed by atoms with van der Waals surface area (Å²) >= 11 is 6.08. The van der Waals surface area contributed by atoms with E-state index < -0.39 is 17.9 Å². The van der Waals surface area contributed by atoms with Crippen LogP contribution in [-0.4, -0.2) is 31.6 Å². The van der Waals surface area contributed by atoms with Crippen LogP contribution in [-0.2, 0) is 4.74 Å². The van der Waals surface area contributed by atoms with Gasteiger partial charge < -0.3 is 9.47 Å². The Hall–Kier alpha value is -3.23. The van der Waals surface area contributed by atoms with Crippen molar-refractivity contribution < 1.29 is 27.4 Å². The molecule has 1 saturated heterocycles. The molecule has 0 saturated carbocycles. The Balaban J connectivity index is 1.91. The first kappa shape index (κ1) is 24.9. The number of benzene rings is 3. The van der Waals surface area contributed by atoms with E-state index >= 15 is 0 Å². The largest absolute Gasteiger partial charge is 0.573 e. The molecule has 1 aliphatic heterocycles. The number of ether oxygens (including phenoxy) is 2. The average molecular weight is 505 g/mol.